The number of hydrogen-bond acceptors (Lipinski definition) is 3. The molecule has 2 rings (SSSR count). The van der Waals surface area contributed by atoms with E-state index in [9.17, 15) is 18.7 Å². The first-order valence-corrected chi connectivity index (χ1v) is 6.78. The molecule has 0 bridgehead atoms. The summed E-state index contributed by atoms with van der Waals surface area (Å²) >= 11 is 1.36. The fourth-order valence-electron chi connectivity index (χ4n) is 1.69. The van der Waals surface area contributed by atoms with Crippen LogP contribution in [0.4, 0.5) is 8.78 Å². The van der Waals surface area contributed by atoms with Crippen LogP contribution in [-0.4, -0.2) is 17.6 Å². The zero-order valence-corrected chi connectivity index (χ0v) is 11.5. The third-order valence-corrected chi connectivity index (χ3v) is 3.94. The fraction of sp³-hybridized carbons (Fsp3) is 0.214. The summed E-state index contributed by atoms with van der Waals surface area (Å²) in [5.41, 5.74) is -1.49. The second kappa shape index (κ2) is 5.68. The highest BCUT2D eigenvalue weighted by molar-refractivity contribution is 7.10. The number of carbonyl (C=O) groups is 1. The maximum Gasteiger partial charge on any atom is 0.254 e. The molecule has 2 aromatic rings. The van der Waals surface area contributed by atoms with Gasteiger partial charge in [-0.05, 0) is 30.5 Å². The molecule has 1 atom stereocenters. The van der Waals surface area contributed by atoms with E-state index in [4.69, 9.17) is 0 Å². The van der Waals surface area contributed by atoms with Crippen LogP contribution < -0.4 is 5.32 Å². The minimum atomic E-state index is -1.24. The topological polar surface area (TPSA) is 49.3 Å². The summed E-state index contributed by atoms with van der Waals surface area (Å²) in [7, 11) is 0. The molecule has 1 unspecified atom stereocenters. The van der Waals surface area contributed by atoms with Gasteiger partial charge in [0.15, 0.2) is 0 Å². The Bertz CT molecular complexity index is 612. The van der Waals surface area contributed by atoms with Gasteiger partial charge in [0.25, 0.3) is 5.91 Å². The highest BCUT2D eigenvalue weighted by Crippen LogP contribution is 2.24. The summed E-state index contributed by atoms with van der Waals surface area (Å²) in [6.45, 7) is 1.49. The smallest absolute Gasteiger partial charge is 0.254 e. The van der Waals surface area contributed by atoms with Crippen LogP contribution >= 0.6 is 11.3 Å². The molecule has 1 aromatic carbocycles. The summed E-state index contributed by atoms with van der Waals surface area (Å²) < 4.78 is 26.2. The molecule has 0 fully saturated rings. The second-order valence-electron chi connectivity index (χ2n) is 4.56. The van der Waals surface area contributed by atoms with E-state index in [1.807, 2.05) is 5.38 Å². The lowest BCUT2D eigenvalue weighted by Gasteiger charge is -2.22. The van der Waals surface area contributed by atoms with Gasteiger partial charge in [0.05, 0.1) is 12.1 Å². The van der Waals surface area contributed by atoms with Crippen molar-refractivity contribution >= 4 is 17.2 Å². The van der Waals surface area contributed by atoms with Crippen LogP contribution in [0.5, 0.6) is 0 Å². The van der Waals surface area contributed by atoms with E-state index >= 15 is 0 Å². The van der Waals surface area contributed by atoms with Crippen LogP contribution in [0.3, 0.4) is 0 Å². The SMILES string of the molecule is CC(O)(CNC(=O)c1ccc(F)cc1F)c1cccs1. The van der Waals surface area contributed by atoms with Gasteiger partial charge >= 0.3 is 0 Å². The lowest BCUT2D eigenvalue weighted by atomic mass is 10.0. The summed E-state index contributed by atoms with van der Waals surface area (Å²) in [5, 5.41) is 14.5. The van der Waals surface area contributed by atoms with Crippen LogP contribution in [0.2, 0.25) is 0 Å². The molecular formula is C14H13F2NO2S. The van der Waals surface area contributed by atoms with Gasteiger partial charge in [-0.15, -0.1) is 11.3 Å². The Hall–Kier alpha value is -1.79. The first kappa shape index (κ1) is 14.6. The van der Waals surface area contributed by atoms with Crippen molar-refractivity contribution in [1.82, 2.24) is 5.32 Å². The largest absolute Gasteiger partial charge is 0.383 e. The van der Waals surface area contributed by atoms with Crippen LogP contribution in [0.25, 0.3) is 0 Å². The zero-order chi connectivity index (χ0) is 14.8. The Kier molecular flexibility index (Phi) is 4.15. The lowest BCUT2D eigenvalue weighted by Crippen LogP contribution is -2.38. The standard InChI is InChI=1S/C14H13F2NO2S/c1-14(19,12-3-2-6-20-12)8-17-13(18)10-5-4-9(15)7-11(10)16/h2-7,19H,8H2,1H3,(H,17,18). The number of thiophene rings is 1. The Morgan fingerprint density at radius 2 is 2.15 bits per heavy atom. The van der Waals surface area contributed by atoms with Gasteiger partial charge in [0.1, 0.15) is 17.2 Å². The Morgan fingerprint density at radius 3 is 2.75 bits per heavy atom. The molecule has 1 heterocycles. The van der Waals surface area contributed by atoms with Gasteiger partial charge in [0, 0.05) is 10.9 Å². The Morgan fingerprint density at radius 1 is 1.40 bits per heavy atom. The van der Waals surface area contributed by atoms with E-state index < -0.39 is 23.1 Å². The molecule has 20 heavy (non-hydrogen) atoms. The van der Waals surface area contributed by atoms with Crippen molar-refractivity contribution in [3.63, 3.8) is 0 Å². The van der Waals surface area contributed by atoms with E-state index in [0.717, 1.165) is 12.1 Å². The van der Waals surface area contributed by atoms with E-state index in [0.29, 0.717) is 10.9 Å². The molecular weight excluding hydrogens is 284 g/mol. The third-order valence-electron chi connectivity index (χ3n) is 2.82. The summed E-state index contributed by atoms with van der Waals surface area (Å²) in [6.07, 6.45) is 0. The predicted octanol–water partition coefficient (Wildman–Crippen LogP) is 2.66. The minimum absolute atomic E-state index is 0.0663. The number of halogens is 2. The number of nitrogens with one attached hydrogen (secondary N) is 1. The molecule has 0 aliphatic carbocycles. The number of amides is 1. The van der Waals surface area contributed by atoms with E-state index in [-0.39, 0.29) is 12.1 Å². The van der Waals surface area contributed by atoms with Crippen molar-refractivity contribution < 1.29 is 18.7 Å². The molecule has 0 aliphatic rings. The first-order chi connectivity index (χ1) is 9.40. The van der Waals surface area contributed by atoms with Crippen LogP contribution in [0.15, 0.2) is 35.7 Å². The lowest BCUT2D eigenvalue weighted by molar-refractivity contribution is 0.0555. The quantitative estimate of drug-likeness (QED) is 0.911. The van der Waals surface area contributed by atoms with Gasteiger partial charge in [-0.2, -0.15) is 0 Å². The minimum Gasteiger partial charge on any atom is -0.383 e. The van der Waals surface area contributed by atoms with Crippen molar-refractivity contribution in [3.05, 3.63) is 57.8 Å². The van der Waals surface area contributed by atoms with E-state index in [2.05, 4.69) is 5.32 Å². The third kappa shape index (κ3) is 3.20. The molecule has 6 heteroatoms. The highest BCUT2D eigenvalue weighted by Gasteiger charge is 2.25. The number of carbonyl (C=O) groups excluding carboxylic acids is 1. The molecule has 1 aromatic heterocycles. The van der Waals surface area contributed by atoms with Crippen molar-refractivity contribution in [2.75, 3.05) is 6.54 Å². The van der Waals surface area contributed by atoms with Gasteiger partial charge in [0.2, 0.25) is 0 Å². The predicted molar refractivity (Wildman–Crippen MR) is 72.6 cm³/mol. The molecule has 0 saturated heterocycles. The van der Waals surface area contributed by atoms with Crippen molar-refractivity contribution in [2.24, 2.45) is 0 Å². The molecule has 2 N–H and O–H groups in total. The molecule has 0 saturated carbocycles. The maximum atomic E-state index is 13.4. The molecule has 0 spiro atoms. The Balaban J connectivity index is 2.05. The van der Waals surface area contributed by atoms with Gasteiger partial charge in [-0.25, -0.2) is 8.78 Å². The van der Waals surface area contributed by atoms with Crippen LogP contribution in [0.1, 0.15) is 22.2 Å². The van der Waals surface area contributed by atoms with Crippen molar-refractivity contribution in [2.45, 2.75) is 12.5 Å². The maximum absolute atomic E-state index is 13.4. The number of benzene rings is 1. The molecule has 3 nitrogen and oxygen atoms in total. The Labute approximate surface area is 118 Å². The molecule has 1 amide bonds. The summed E-state index contributed by atoms with van der Waals surface area (Å²) in [6, 6.07) is 6.26. The zero-order valence-electron chi connectivity index (χ0n) is 10.7. The van der Waals surface area contributed by atoms with E-state index in [1.54, 1.807) is 19.1 Å². The molecule has 106 valence electrons. The highest BCUT2D eigenvalue weighted by atomic mass is 32.1. The number of hydrogen-bond donors (Lipinski definition) is 2. The van der Waals surface area contributed by atoms with Crippen molar-refractivity contribution in [1.29, 1.82) is 0 Å². The van der Waals surface area contributed by atoms with E-state index in [1.165, 1.54) is 11.3 Å². The van der Waals surface area contributed by atoms with Crippen LogP contribution in [-0.2, 0) is 5.60 Å². The van der Waals surface area contributed by atoms with Crippen LogP contribution in [0, 0.1) is 11.6 Å². The monoisotopic (exact) mass is 297 g/mol. The molecule has 0 radical (unpaired) electrons. The summed E-state index contributed by atoms with van der Waals surface area (Å²) in [4.78, 5) is 12.5. The average Bonchev–Trinajstić information content (AvgIpc) is 2.90. The fourth-order valence-corrected chi connectivity index (χ4v) is 2.48. The number of aliphatic hydroxyl groups is 1. The molecule has 0 aliphatic heterocycles. The normalized spacial score (nSPS) is 13.8. The van der Waals surface area contributed by atoms with Gasteiger partial charge in [-0.1, -0.05) is 6.07 Å². The van der Waals surface area contributed by atoms with Gasteiger partial charge < -0.3 is 10.4 Å². The average molecular weight is 297 g/mol. The number of rotatable bonds is 4. The first-order valence-electron chi connectivity index (χ1n) is 5.90. The summed E-state index contributed by atoms with van der Waals surface area (Å²) in [5.74, 6) is -2.37. The van der Waals surface area contributed by atoms with Gasteiger partial charge in [-0.3, -0.25) is 4.79 Å². The second-order valence-corrected chi connectivity index (χ2v) is 5.51. The van der Waals surface area contributed by atoms with Crippen molar-refractivity contribution in [3.8, 4) is 0 Å².